The Morgan fingerprint density at radius 1 is 1.46 bits per heavy atom. The SMILES string of the molecule is O=Cc1ccc2c(c1F)CCCO2. The van der Waals surface area contributed by atoms with Crippen LogP contribution in [0.2, 0.25) is 0 Å². The lowest BCUT2D eigenvalue weighted by atomic mass is 10.0. The third-order valence-electron chi connectivity index (χ3n) is 2.19. The molecular formula is C10H9FO2. The Morgan fingerprint density at radius 3 is 3.08 bits per heavy atom. The monoisotopic (exact) mass is 180 g/mol. The van der Waals surface area contributed by atoms with Crippen LogP contribution in [0.25, 0.3) is 0 Å². The van der Waals surface area contributed by atoms with Crippen LogP contribution < -0.4 is 4.74 Å². The van der Waals surface area contributed by atoms with Crippen LogP contribution in [0.1, 0.15) is 22.3 Å². The predicted molar refractivity (Wildman–Crippen MR) is 45.6 cm³/mol. The Balaban J connectivity index is 2.54. The Labute approximate surface area is 75.3 Å². The van der Waals surface area contributed by atoms with Gasteiger partial charge in [-0.05, 0) is 25.0 Å². The molecular weight excluding hydrogens is 171 g/mol. The van der Waals surface area contributed by atoms with E-state index in [0.717, 1.165) is 6.42 Å². The summed E-state index contributed by atoms with van der Waals surface area (Å²) in [5.41, 5.74) is 0.653. The zero-order valence-corrected chi connectivity index (χ0v) is 7.05. The molecule has 0 fully saturated rings. The first kappa shape index (κ1) is 8.23. The van der Waals surface area contributed by atoms with E-state index in [-0.39, 0.29) is 5.56 Å². The van der Waals surface area contributed by atoms with Gasteiger partial charge in [0, 0.05) is 5.56 Å². The van der Waals surface area contributed by atoms with Gasteiger partial charge in [-0.2, -0.15) is 0 Å². The van der Waals surface area contributed by atoms with E-state index in [1.165, 1.54) is 6.07 Å². The minimum atomic E-state index is -0.424. The van der Waals surface area contributed by atoms with Crippen LogP contribution in [-0.4, -0.2) is 12.9 Å². The van der Waals surface area contributed by atoms with Crippen molar-refractivity contribution in [1.29, 1.82) is 0 Å². The molecule has 2 nitrogen and oxygen atoms in total. The molecule has 3 heteroatoms. The quantitative estimate of drug-likeness (QED) is 0.617. The van der Waals surface area contributed by atoms with Gasteiger partial charge in [0.05, 0.1) is 12.2 Å². The molecule has 0 aromatic heterocycles. The van der Waals surface area contributed by atoms with E-state index in [2.05, 4.69) is 0 Å². The average Bonchev–Trinajstić information content (AvgIpc) is 2.19. The summed E-state index contributed by atoms with van der Waals surface area (Å²) in [5.74, 6) is 0.154. The molecule has 0 unspecified atom stereocenters. The lowest BCUT2D eigenvalue weighted by molar-refractivity contribution is 0.111. The molecule has 0 bridgehead atoms. The molecule has 2 rings (SSSR count). The molecule has 0 saturated heterocycles. The summed E-state index contributed by atoms with van der Waals surface area (Å²) in [5, 5.41) is 0. The standard InChI is InChI=1S/C10H9FO2/c11-10-7(6-12)3-4-9-8(10)2-1-5-13-9/h3-4,6H,1-2,5H2. The Hall–Kier alpha value is -1.38. The summed E-state index contributed by atoms with van der Waals surface area (Å²) in [6.07, 6.45) is 2.00. The summed E-state index contributed by atoms with van der Waals surface area (Å²) >= 11 is 0. The minimum absolute atomic E-state index is 0.115. The van der Waals surface area contributed by atoms with E-state index in [4.69, 9.17) is 4.74 Å². The summed E-state index contributed by atoms with van der Waals surface area (Å²) < 4.78 is 18.7. The molecule has 0 N–H and O–H groups in total. The zero-order valence-electron chi connectivity index (χ0n) is 7.05. The Bertz CT molecular complexity index is 347. The first-order valence-electron chi connectivity index (χ1n) is 4.22. The van der Waals surface area contributed by atoms with Gasteiger partial charge in [-0.25, -0.2) is 4.39 Å². The van der Waals surface area contributed by atoms with Crippen LogP contribution in [-0.2, 0) is 6.42 Å². The molecule has 0 radical (unpaired) electrons. The van der Waals surface area contributed by atoms with Gasteiger partial charge in [0.15, 0.2) is 6.29 Å². The van der Waals surface area contributed by atoms with E-state index in [1.807, 2.05) is 0 Å². The largest absolute Gasteiger partial charge is 0.493 e. The van der Waals surface area contributed by atoms with Crippen LogP contribution in [0.5, 0.6) is 5.75 Å². The zero-order chi connectivity index (χ0) is 9.26. The summed E-state index contributed by atoms with van der Waals surface area (Å²) in [7, 11) is 0. The number of hydrogen-bond acceptors (Lipinski definition) is 2. The van der Waals surface area contributed by atoms with Crippen molar-refractivity contribution in [2.75, 3.05) is 6.61 Å². The summed E-state index contributed by atoms with van der Waals surface area (Å²) in [6, 6.07) is 3.10. The van der Waals surface area contributed by atoms with Crippen molar-refractivity contribution in [1.82, 2.24) is 0 Å². The Kier molecular flexibility index (Phi) is 2.00. The fourth-order valence-corrected chi connectivity index (χ4v) is 1.51. The minimum Gasteiger partial charge on any atom is -0.493 e. The van der Waals surface area contributed by atoms with Crippen molar-refractivity contribution in [2.24, 2.45) is 0 Å². The number of ether oxygens (including phenoxy) is 1. The maximum Gasteiger partial charge on any atom is 0.153 e. The molecule has 0 amide bonds. The number of halogens is 1. The van der Waals surface area contributed by atoms with Gasteiger partial charge < -0.3 is 4.74 Å². The number of aldehydes is 1. The number of carbonyl (C=O) groups is 1. The van der Waals surface area contributed by atoms with Gasteiger partial charge in [-0.1, -0.05) is 0 Å². The van der Waals surface area contributed by atoms with Crippen molar-refractivity contribution < 1.29 is 13.9 Å². The van der Waals surface area contributed by atoms with E-state index < -0.39 is 5.82 Å². The average molecular weight is 180 g/mol. The van der Waals surface area contributed by atoms with Gasteiger partial charge in [0.1, 0.15) is 11.6 Å². The number of rotatable bonds is 1. The molecule has 0 saturated carbocycles. The maximum atomic E-state index is 13.4. The topological polar surface area (TPSA) is 26.3 Å². The van der Waals surface area contributed by atoms with Crippen molar-refractivity contribution >= 4 is 6.29 Å². The van der Waals surface area contributed by atoms with Gasteiger partial charge in [-0.3, -0.25) is 4.79 Å². The first-order chi connectivity index (χ1) is 6.33. The second-order valence-electron chi connectivity index (χ2n) is 3.02. The number of carbonyl (C=O) groups excluding carboxylic acids is 1. The lowest BCUT2D eigenvalue weighted by Crippen LogP contribution is -2.11. The second-order valence-corrected chi connectivity index (χ2v) is 3.02. The van der Waals surface area contributed by atoms with Crippen LogP contribution in [0, 0.1) is 5.82 Å². The third kappa shape index (κ3) is 1.30. The molecule has 68 valence electrons. The van der Waals surface area contributed by atoms with Gasteiger partial charge in [-0.15, -0.1) is 0 Å². The summed E-state index contributed by atoms with van der Waals surface area (Å²) in [6.45, 7) is 0.632. The highest BCUT2D eigenvalue weighted by Gasteiger charge is 2.16. The van der Waals surface area contributed by atoms with Crippen LogP contribution >= 0.6 is 0 Å². The molecule has 1 heterocycles. The molecule has 0 aliphatic carbocycles. The molecule has 13 heavy (non-hydrogen) atoms. The van der Waals surface area contributed by atoms with Crippen LogP contribution in [0.15, 0.2) is 12.1 Å². The molecule has 1 aliphatic rings. The van der Waals surface area contributed by atoms with E-state index in [9.17, 15) is 9.18 Å². The Morgan fingerprint density at radius 2 is 2.31 bits per heavy atom. The van der Waals surface area contributed by atoms with Gasteiger partial charge in [0.25, 0.3) is 0 Å². The van der Waals surface area contributed by atoms with Crippen LogP contribution in [0.3, 0.4) is 0 Å². The van der Waals surface area contributed by atoms with Crippen molar-refractivity contribution in [2.45, 2.75) is 12.8 Å². The summed E-state index contributed by atoms with van der Waals surface area (Å²) in [4.78, 5) is 10.4. The number of fused-ring (bicyclic) bond motifs is 1. The van der Waals surface area contributed by atoms with Crippen molar-refractivity contribution in [3.63, 3.8) is 0 Å². The molecule has 1 aliphatic heterocycles. The highest BCUT2D eigenvalue weighted by molar-refractivity contribution is 5.76. The highest BCUT2D eigenvalue weighted by Crippen LogP contribution is 2.28. The predicted octanol–water partition coefficient (Wildman–Crippen LogP) is 1.96. The second kappa shape index (κ2) is 3.17. The fraction of sp³-hybridized carbons (Fsp3) is 0.300. The van der Waals surface area contributed by atoms with Crippen molar-refractivity contribution in [3.8, 4) is 5.75 Å². The third-order valence-corrected chi connectivity index (χ3v) is 2.19. The first-order valence-corrected chi connectivity index (χ1v) is 4.22. The molecule has 0 atom stereocenters. The molecule has 0 spiro atoms. The smallest absolute Gasteiger partial charge is 0.153 e. The fourth-order valence-electron chi connectivity index (χ4n) is 1.51. The van der Waals surface area contributed by atoms with E-state index >= 15 is 0 Å². The highest BCUT2D eigenvalue weighted by atomic mass is 19.1. The number of hydrogen-bond donors (Lipinski definition) is 0. The number of benzene rings is 1. The van der Waals surface area contributed by atoms with Crippen molar-refractivity contribution in [3.05, 3.63) is 29.1 Å². The molecule has 1 aromatic rings. The maximum absolute atomic E-state index is 13.4. The van der Waals surface area contributed by atoms with Crippen LogP contribution in [0.4, 0.5) is 4.39 Å². The van der Waals surface area contributed by atoms with Gasteiger partial charge >= 0.3 is 0 Å². The van der Waals surface area contributed by atoms with Gasteiger partial charge in [0.2, 0.25) is 0 Å². The lowest BCUT2D eigenvalue weighted by Gasteiger charge is -2.17. The molecule has 1 aromatic carbocycles. The van der Waals surface area contributed by atoms with E-state index in [1.54, 1.807) is 6.07 Å². The normalized spacial score (nSPS) is 14.5. The van der Waals surface area contributed by atoms with E-state index in [0.29, 0.717) is 30.6 Å².